The van der Waals surface area contributed by atoms with E-state index in [-0.39, 0.29) is 5.91 Å². The molecule has 0 atom stereocenters. The minimum Gasteiger partial charge on any atom is -0.399 e. The highest BCUT2D eigenvalue weighted by atomic mass is 16.1. The van der Waals surface area contributed by atoms with E-state index in [9.17, 15) is 4.79 Å². The van der Waals surface area contributed by atoms with Crippen molar-refractivity contribution in [1.82, 2.24) is 5.32 Å². The average molecular weight is 218 g/mol. The quantitative estimate of drug-likeness (QED) is 0.763. The zero-order valence-corrected chi connectivity index (χ0v) is 9.84. The van der Waals surface area contributed by atoms with E-state index >= 15 is 0 Å². The van der Waals surface area contributed by atoms with Crippen LogP contribution in [-0.4, -0.2) is 12.5 Å². The van der Waals surface area contributed by atoms with Gasteiger partial charge in [-0.3, -0.25) is 4.79 Å². The molecule has 1 aliphatic carbocycles. The van der Waals surface area contributed by atoms with Gasteiger partial charge in [-0.25, -0.2) is 0 Å². The number of nitrogens with two attached hydrogens (primary N) is 1. The molecule has 3 nitrogen and oxygen atoms in total. The number of nitrogens with one attached hydrogen (secondary N) is 1. The first-order chi connectivity index (χ1) is 7.50. The molecule has 1 fully saturated rings. The van der Waals surface area contributed by atoms with Crippen LogP contribution in [0, 0.1) is 12.3 Å². The number of rotatable bonds is 3. The molecular formula is C13H18N2O. The number of carbonyl (C=O) groups excluding carboxylic acids is 1. The van der Waals surface area contributed by atoms with Gasteiger partial charge in [0.05, 0.1) is 0 Å². The van der Waals surface area contributed by atoms with Crippen LogP contribution in [-0.2, 0) is 0 Å². The summed E-state index contributed by atoms with van der Waals surface area (Å²) in [7, 11) is 0. The van der Waals surface area contributed by atoms with Crippen molar-refractivity contribution in [3.05, 3.63) is 29.3 Å². The number of carbonyl (C=O) groups is 1. The second-order valence-electron chi connectivity index (χ2n) is 5.07. The van der Waals surface area contributed by atoms with Crippen LogP contribution < -0.4 is 11.1 Å². The molecule has 2 rings (SSSR count). The maximum Gasteiger partial charge on any atom is 0.251 e. The third kappa shape index (κ3) is 2.35. The van der Waals surface area contributed by atoms with E-state index in [0.717, 1.165) is 12.1 Å². The van der Waals surface area contributed by atoms with E-state index in [1.54, 1.807) is 6.07 Å². The van der Waals surface area contributed by atoms with Gasteiger partial charge in [0.15, 0.2) is 0 Å². The minimum atomic E-state index is -0.0158. The van der Waals surface area contributed by atoms with Crippen molar-refractivity contribution >= 4 is 11.6 Å². The van der Waals surface area contributed by atoms with Crippen LogP contribution in [0.3, 0.4) is 0 Å². The van der Waals surface area contributed by atoms with Gasteiger partial charge in [0.25, 0.3) is 5.91 Å². The maximum atomic E-state index is 11.9. The fraction of sp³-hybridized carbons (Fsp3) is 0.462. The minimum absolute atomic E-state index is 0.0158. The number of amides is 1. The third-order valence-electron chi connectivity index (χ3n) is 3.29. The van der Waals surface area contributed by atoms with Crippen LogP contribution in [0.4, 0.5) is 5.69 Å². The molecule has 0 unspecified atom stereocenters. The zero-order valence-electron chi connectivity index (χ0n) is 9.84. The molecule has 0 radical (unpaired) electrons. The number of anilines is 1. The van der Waals surface area contributed by atoms with Crippen LogP contribution in [0.25, 0.3) is 0 Å². The fourth-order valence-electron chi connectivity index (χ4n) is 1.66. The van der Waals surface area contributed by atoms with Gasteiger partial charge in [0, 0.05) is 17.8 Å². The van der Waals surface area contributed by atoms with Crippen LogP contribution in [0.15, 0.2) is 18.2 Å². The molecule has 0 aromatic heterocycles. The Balaban J connectivity index is 2.05. The van der Waals surface area contributed by atoms with Crippen molar-refractivity contribution in [1.29, 1.82) is 0 Å². The van der Waals surface area contributed by atoms with Crippen LogP contribution in [0.2, 0.25) is 0 Å². The molecule has 1 aromatic carbocycles. The van der Waals surface area contributed by atoms with E-state index in [4.69, 9.17) is 5.73 Å². The normalized spacial score (nSPS) is 16.9. The Labute approximate surface area is 96.0 Å². The molecule has 0 bridgehead atoms. The van der Waals surface area contributed by atoms with Crippen LogP contribution in [0.1, 0.15) is 35.7 Å². The second-order valence-corrected chi connectivity index (χ2v) is 5.07. The lowest BCUT2D eigenvalue weighted by Gasteiger charge is -2.11. The molecule has 0 saturated heterocycles. The van der Waals surface area contributed by atoms with Crippen molar-refractivity contribution in [3.8, 4) is 0 Å². The molecule has 1 aromatic rings. The Morgan fingerprint density at radius 2 is 2.19 bits per heavy atom. The molecule has 3 N–H and O–H groups in total. The van der Waals surface area contributed by atoms with E-state index in [0.29, 0.717) is 16.7 Å². The first-order valence-electron chi connectivity index (χ1n) is 5.65. The van der Waals surface area contributed by atoms with Gasteiger partial charge >= 0.3 is 0 Å². The highest BCUT2D eigenvalue weighted by Crippen LogP contribution is 2.44. The van der Waals surface area contributed by atoms with Gasteiger partial charge in [-0.2, -0.15) is 0 Å². The summed E-state index contributed by atoms with van der Waals surface area (Å²) < 4.78 is 0. The van der Waals surface area contributed by atoms with Crippen molar-refractivity contribution < 1.29 is 4.79 Å². The lowest BCUT2D eigenvalue weighted by Crippen LogP contribution is -2.29. The third-order valence-corrected chi connectivity index (χ3v) is 3.29. The molecule has 86 valence electrons. The number of hydrogen-bond donors (Lipinski definition) is 2. The molecule has 16 heavy (non-hydrogen) atoms. The van der Waals surface area contributed by atoms with Crippen LogP contribution in [0.5, 0.6) is 0 Å². The summed E-state index contributed by atoms with van der Waals surface area (Å²) >= 11 is 0. The molecular weight excluding hydrogens is 200 g/mol. The SMILES string of the molecule is Cc1ccc(N)cc1C(=O)NCC1(C)CC1. The highest BCUT2D eigenvalue weighted by Gasteiger charge is 2.37. The average Bonchev–Trinajstić information content (AvgIpc) is 2.97. The predicted octanol–water partition coefficient (Wildman–Crippen LogP) is 2.11. The Morgan fingerprint density at radius 3 is 2.81 bits per heavy atom. The van der Waals surface area contributed by atoms with Crippen molar-refractivity contribution in [3.63, 3.8) is 0 Å². The molecule has 3 heteroatoms. The predicted molar refractivity (Wildman–Crippen MR) is 65.3 cm³/mol. The summed E-state index contributed by atoms with van der Waals surface area (Å²) in [6, 6.07) is 5.43. The number of aryl methyl sites for hydroxylation is 1. The lowest BCUT2D eigenvalue weighted by atomic mass is 10.1. The number of nitrogen functional groups attached to an aromatic ring is 1. The van der Waals surface area contributed by atoms with Gasteiger partial charge in [-0.1, -0.05) is 13.0 Å². The Bertz CT molecular complexity index is 422. The Kier molecular flexibility index (Phi) is 2.62. The van der Waals surface area contributed by atoms with E-state index in [1.165, 1.54) is 12.8 Å². The van der Waals surface area contributed by atoms with Crippen LogP contribution >= 0.6 is 0 Å². The van der Waals surface area contributed by atoms with Gasteiger partial charge < -0.3 is 11.1 Å². The van der Waals surface area contributed by atoms with Gasteiger partial charge in [-0.05, 0) is 42.9 Å². The first-order valence-corrected chi connectivity index (χ1v) is 5.65. The zero-order chi connectivity index (χ0) is 11.8. The molecule has 0 spiro atoms. The standard InChI is InChI=1S/C13H18N2O/c1-9-3-4-10(14)7-11(9)12(16)15-8-13(2)5-6-13/h3-4,7H,5-6,8,14H2,1-2H3,(H,15,16). The Morgan fingerprint density at radius 1 is 1.50 bits per heavy atom. The summed E-state index contributed by atoms with van der Waals surface area (Å²) in [4.78, 5) is 11.9. The topological polar surface area (TPSA) is 55.1 Å². The maximum absolute atomic E-state index is 11.9. The van der Waals surface area contributed by atoms with E-state index in [1.807, 2.05) is 19.1 Å². The summed E-state index contributed by atoms with van der Waals surface area (Å²) in [5.41, 5.74) is 8.30. The number of hydrogen-bond acceptors (Lipinski definition) is 2. The lowest BCUT2D eigenvalue weighted by molar-refractivity contribution is 0.0945. The molecule has 1 aliphatic rings. The summed E-state index contributed by atoms with van der Waals surface area (Å²) in [6.07, 6.45) is 2.42. The summed E-state index contributed by atoms with van der Waals surface area (Å²) in [5, 5.41) is 2.97. The van der Waals surface area contributed by atoms with E-state index in [2.05, 4.69) is 12.2 Å². The first kappa shape index (κ1) is 11.0. The van der Waals surface area contributed by atoms with Crippen molar-refractivity contribution in [2.45, 2.75) is 26.7 Å². The van der Waals surface area contributed by atoms with E-state index < -0.39 is 0 Å². The molecule has 0 heterocycles. The fourth-order valence-corrected chi connectivity index (χ4v) is 1.66. The van der Waals surface area contributed by atoms with Gasteiger partial charge in [0.1, 0.15) is 0 Å². The highest BCUT2D eigenvalue weighted by molar-refractivity contribution is 5.96. The summed E-state index contributed by atoms with van der Waals surface area (Å²) in [6.45, 7) is 4.88. The van der Waals surface area contributed by atoms with Gasteiger partial charge in [0.2, 0.25) is 0 Å². The largest absolute Gasteiger partial charge is 0.399 e. The second kappa shape index (κ2) is 3.81. The van der Waals surface area contributed by atoms with Crippen molar-refractivity contribution in [2.75, 3.05) is 12.3 Å². The molecule has 1 saturated carbocycles. The van der Waals surface area contributed by atoms with Crippen molar-refractivity contribution in [2.24, 2.45) is 5.41 Å². The molecule has 1 amide bonds. The Hall–Kier alpha value is -1.51. The summed E-state index contributed by atoms with van der Waals surface area (Å²) in [5.74, 6) is -0.0158. The smallest absolute Gasteiger partial charge is 0.251 e. The molecule has 0 aliphatic heterocycles. The monoisotopic (exact) mass is 218 g/mol. The number of benzene rings is 1. The van der Waals surface area contributed by atoms with Gasteiger partial charge in [-0.15, -0.1) is 0 Å².